The summed E-state index contributed by atoms with van der Waals surface area (Å²) in [5.41, 5.74) is 4.42. The molecule has 0 aliphatic heterocycles. The summed E-state index contributed by atoms with van der Waals surface area (Å²) < 4.78 is 34.3. The summed E-state index contributed by atoms with van der Waals surface area (Å²) in [6.45, 7) is 0. The van der Waals surface area contributed by atoms with Crippen LogP contribution in [0.4, 0.5) is 0 Å². The van der Waals surface area contributed by atoms with E-state index in [4.69, 9.17) is 9.62 Å². The molecule has 0 bridgehead atoms. The topological polar surface area (TPSA) is 109 Å². The van der Waals surface area contributed by atoms with Crippen LogP contribution in [-0.2, 0) is 33.4 Å². The molecule has 9 heteroatoms. The van der Waals surface area contributed by atoms with Crippen molar-refractivity contribution in [3.63, 3.8) is 0 Å². The molecule has 1 aromatic heterocycles. The lowest BCUT2D eigenvalue weighted by molar-refractivity contribution is -0.130. The minimum atomic E-state index is -3.99. The normalized spacial score (nSPS) is 14.8. The van der Waals surface area contributed by atoms with Crippen LogP contribution < -0.4 is 10.2 Å². The van der Waals surface area contributed by atoms with E-state index in [0.717, 1.165) is 53.7 Å². The molecule has 1 aliphatic rings. The number of rotatable bonds is 9. The number of nitrogens with one attached hydrogen (secondary N) is 2. The maximum absolute atomic E-state index is 13.0. The van der Waals surface area contributed by atoms with Gasteiger partial charge in [-0.1, -0.05) is 30.3 Å². The first-order chi connectivity index (χ1) is 15.5. The number of carbonyl (C=O) groups excluding carboxylic acids is 1. The molecule has 1 aliphatic carbocycles. The van der Waals surface area contributed by atoms with Crippen LogP contribution in [0.1, 0.15) is 36.1 Å². The largest absolute Gasteiger partial charge is 0.461 e. The standard InChI is InChI=1S/C23H26N2O5S2/c26-23(24-27)20(12-13-31-15-16-6-2-1-3-7-16)25-32(28,29)17-10-11-19-18-8-4-5-9-21(18)30-22(19)14-17/h1-3,6-7,10-11,14,20,25,27H,4-5,8-9,12-13,15H2,(H,24,26)/t20-/m1/s1. The first-order valence-corrected chi connectivity index (χ1v) is 13.2. The molecule has 3 aromatic rings. The fourth-order valence-corrected chi connectivity index (χ4v) is 6.17. The van der Waals surface area contributed by atoms with Crippen molar-refractivity contribution in [3.8, 4) is 0 Å². The van der Waals surface area contributed by atoms with Crippen molar-refractivity contribution < 1.29 is 22.8 Å². The fraction of sp³-hybridized carbons (Fsp3) is 0.348. The molecule has 1 heterocycles. The number of benzene rings is 2. The van der Waals surface area contributed by atoms with E-state index in [2.05, 4.69) is 4.72 Å². The first-order valence-electron chi connectivity index (χ1n) is 10.6. The van der Waals surface area contributed by atoms with Crippen molar-refractivity contribution in [2.45, 2.75) is 48.8 Å². The lowest BCUT2D eigenvalue weighted by Gasteiger charge is -2.17. The predicted octanol–water partition coefficient (Wildman–Crippen LogP) is 3.79. The third kappa shape index (κ3) is 5.17. The molecule has 2 aromatic carbocycles. The molecule has 1 atom stereocenters. The number of sulfonamides is 1. The minimum Gasteiger partial charge on any atom is -0.461 e. The van der Waals surface area contributed by atoms with Crippen LogP contribution in [0.5, 0.6) is 0 Å². The number of amides is 1. The van der Waals surface area contributed by atoms with Gasteiger partial charge in [0.15, 0.2) is 0 Å². The number of hydrogen-bond donors (Lipinski definition) is 3. The number of hydrogen-bond acceptors (Lipinski definition) is 6. The Hall–Kier alpha value is -2.33. The van der Waals surface area contributed by atoms with Crippen molar-refractivity contribution in [1.82, 2.24) is 10.2 Å². The highest BCUT2D eigenvalue weighted by Gasteiger charge is 2.27. The lowest BCUT2D eigenvalue weighted by atomic mass is 9.96. The van der Waals surface area contributed by atoms with E-state index in [9.17, 15) is 13.2 Å². The number of furan rings is 1. The van der Waals surface area contributed by atoms with Gasteiger partial charge in [0.2, 0.25) is 10.0 Å². The van der Waals surface area contributed by atoms with Crippen LogP contribution in [0.15, 0.2) is 57.8 Å². The Kier molecular flexibility index (Phi) is 7.20. The van der Waals surface area contributed by atoms with Crippen molar-refractivity contribution >= 4 is 38.7 Å². The van der Waals surface area contributed by atoms with Crippen LogP contribution in [-0.4, -0.2) is 31.3 Å². The molecule has 7 nitrogen and oxygen atoms in total. The third-order valence-corrected chi connectivity index (χ3v) is 8.16. The Labute approximate surface area is 191 Å². The summed E-state index contributed by atoms with van der Waals surface area (Å²) in [4.78, 5) is 12.1. The lowest BCUT2D eigenvalue weighted by Crippen LogP contribution is -2.46. The average molecular weight is 475 g/mol. The third-order valence-electron chi connectivity index (χ3n) is 5.63. The maximum atomic E-state index is 13.0. The molecule has 0 saturated carbocycles. The quantitative estimate of drug-likeness (QED) is 0.247. The maximum Gasteiger partial charge on any atom is 0.261 e. The van der Waals surface area contributed by atoms with Crippen molar-refractivity contribution in [2.75, 3.05) is 5.75 Å². The van der Waals surface area contributed by atoms with Crippen molar-refractivity contribution in [1.29, 1.82) is 0 Å². The number of hydroxylamine groups is 1. The number of carbonyl (C=O) groups is 1. The van der Waals surface area contributed by atoms with Crippen LogP contribution in [0.2, 0.25) is 0 Å². The highest BCUT2D eigenvalue weighted by Crippen LogP contribution is 2.33. The summed E-state index contributed by atoms with van der Waals surface area (Å²) in [6.07, 6.45) is 4.21. The second kappa shape index (κ2) is 10.1. The monoisotopic (exact) mass is 474 g/mol. The molecule has 0 saturated heterocycles. The average Bonchev–Trinajstić information content (AvgIpc) is 3.19. The van der Waals surface area contributed by atoms with E-state index in [0.29, 0.717) is 11.3 Å². The van der Waals surface area contributed by atoms with Gasteiger partial charge in [0, 0.05) is 29.2 Å². The molecule has 170 valence electrons. The van der Waals surface area contributed by atoms with Gasteiger partial charge in [-0.25, -0.2) is 13.9 Å². The molecular formula is C23H26N2O5S2. The zero-order valence-corrected chi connectivity index (χ0v) is 19.2. The molecule has 1 amide bonds. The van der Waals surface area contributed by atoms with Gasteiger partial charge in [0.05, 0.1) is 4.90 Å². The van der Waals surface area contributed by atoms with Gasteiger partial charge in [-0.3, -0.25) is 10.0 Å². The predicted molar refractivity (Wildman–Crippen MR) is 124 cm³/mol. The van der Waals surface area contributed by atoms with Crippen LogP contribution >= 0.6 is 11.8 Å². The van der Waals surface area contributed by atoms with E-state index in [1.165, 1.54) is 12.1 Å². The molecule has 0 unspecified atom stereocenters. The highest BCUT2D eigenvalue weighted by molar-refractivity contribution is 7.98. The molecule has 0 fully saturated rings. The summed E-state index contributed by atoms with van der Waals surface area (Å²) in [7, 11) is -3.99. The second-order valence-corrected chi connectivity index (χ2v) is 10.7. The van der Waals surface area contributed by atoms with Gasteiger partial charge in [-0.15, -0.1) is 0 Å². The number of aryl methyl sites for hydroxylation is 2. The summed E-state index contributed by atoms with van der Waals surface area (Å²) in [5.74, 6) is 1.44. The van der Waals surface area contributed by atoms with Gasteiger partial charge in [0.1, 0.15) is 17.4 Å². The van der Waals surface area contributed by atoms with Crippen molar-refractivity contribution in [3.05, 3.63) is 65.4 Å². The summed E-state index contributed by atoms with van der Waals surface area (Å²) >= 11 is 1.59. The Balaban J connectivity index is 1.45. The van der Waals surface area contributed by atoms with Gasteiger partial charge >= 0.3 is 0 Å². The van der Waals surface area contributed by atoms with E-state index in [-0.39, 0.29) is 11.3 Å². The highest BCUT2D eigenvalue weighted by atomic mass is 32.2. The summed E-state index contributed by atoms with van der Waals surface area (Å²) in [6, 6.07) is 13.6. The van der Waals surface area contributed by atoms with Crippen molar-refractivity contribution in [2.24, 2.45) is 0 Å². The van der Waals surface area contributed by atoms with Gasteiger partial charge < -0.3 is 4.42 Å². The van der Waals surface area contributed by atoms with Gasteiger partial charge in [0.25, 0.3) is 5.91 Å². The van der Waals surface area contributed by atoms with Gasteiger partial charge in [-0.05, 0) is 49.1 Å². The Morgan fingerprint density at radius 3 is 2.69 bits per heavy atom. The summed E-state index contributed by atoms with van der Waals surface area (Å²) in [5, 5.41) is 10.0. The van der Waals surface area contributed by atoms with Crippen LogP contribution in [0, 0.1) is 0 Å². The number of fused-ring (bicyclic) bond motifs is 3. The van der Waals surface area contributed by atoms with E-state index < -0.39 is 22.0 Å². The molecule has 3 N–H and O–H groups in total. The zero-order chi connectivity index (χ0) is 22.6. The fourth-order valence-electron chi connectivity index (χ4n) is 3.95. The Morgan fingerprint density at radius 2 is 1.91 bits per heavy atom. The minimum absolute atomic E-state index is 0.0313. The molecule has 0 spiro atoms. The van der Waals surface area contributed by atoms with Gasteiger partial charge in [-0.2, -0.15) is 16.5 Å². The molecule has 32 heavy (non-hydrogen) atoms. The molecule has 0 radical (unpaired) electrons. The molecular weight excluding hydrogens is 448 g/mol. The SMILES string of the molecule is O=C(NO)[C@@H](CCSCc1ccccc1)NS(=O)(=O)c1ccc2c3c(oc2c1)CCCC3. The van der Waals surface area contributed by atoms with Crippen LogP contribution in [0.3, 0.4) is 0 Å². The van der Waals surface area contributed by atoms with Crippen LogP contribution in [0.25, 0.3) is 11.0 Å². The molecule has 4 rings (SSSR count). The van der Waals surface area contributed by atoms with E-state index >= 15 is 0 Å². The first kappa shape index (κ1) is 22.8. The number of thioether (sulfide) groups is 1. The van der Waals surface area contributed by atoms with E-state index in [1.54, 1.807) is 23.3 Å². The van der Waals surface area contributed by atoms with E-state index in [1.807, 2.05) is 30.3 Å². The smallest absolute Gasteiger partial charge is 0.261 e. The second-order valence-electron chi connectivity index (χ2n) is 7.85. The Morgan fingerprint density at radius 1 is 1.12 bits per heavy atom. The zero-order valence-electron chi connectivity index (χ0n) is 17.5. The Bertz CT molecular complexity index is 1190.